The van der Waals surface area contributed by atoms with E-state index in [4.69, 9.17) is 19.2 Å². The molecule has 0 heterocycles. The van der Waals surface area contributed by atoms with Crippen LogP contribution in [0.5, 0.6) is 5.75 Å². The van der Waals surface area contributed by atoms with Crippen molar-refractivity contribution in [1.82, 2.24) is 0 Å². The first kappa shape index (κ1) is 15.5. The van der Waals surface area contributed by atoms with Gasteiger partial charge in [0.15, 0.2) is 0 Å². The Labute approximate surface area is 113 Å². The third kappa shape index (κ3) is 5.28. The van der Waals surface area contributed by atoms with Gasteiger partial charge in [-0.3, -0.25) is 4.89 Å². The molecule has 0 fully saturated rings. The third-order valence-electron chi connectivity index (χ3n) is 2.55. The van der Waals surface area contributed by atoms with Gasteiger partial charge in [0, 0.05) is 13.5 Å². The van der Waals surface area contributed by atoms with E-state index in [1.54, 1.807) is 31.4 Å². The van der Waals surface area contributed by atoms with Gasteiger partial charge in [-0.1, -0.05) is 12.1 Å². The van der Waals surface area contributed by atoms with Crippen LogP contribution in [0.25, 0.3) is 0 Å². The molecule has 19 heavy (non-hydrogen) atoms. The van der Waals surface area contributed by atoms with E-state index in [0.29, 0.717) is 24.3 Å². The summed E-state index contributed by atoms with van der Waals surface area (Å²) >= 11 is 0. The first-order chi connectivity index (χ1) is 9.19. The van der Waals surface area contributed by atoms with Crippen LogP contribution in [0.4, 0.5) is 0 Å². The molecular weight excluding hydrogens is 248 g/mol. The average Bonchev–Trinajstić information content (AvgIpc) is 2.44. The number of rotatable bonds is 8. The van der Waals surface area contributed by atoms with E-state index in [1.165, 1.54) is 0 Å². The lowest BCUT2D eigenvalue weighted by Gasteiger charge is -2.10. The van der Waals surface area contributed by atoms with Gasteiger partial charge >= 0.3 is 5.97 Å². The number of carbonyl (C=O) groups excluding carboxylic acids is 1. The van der Waals surface area contributed by atoms with Gasteiger partial charge in [-0.25, -0.2) is 4.79 Å². The van der Waals surface area contributed by atoms with Crippen LogP contribution in [0.15, 0.2) is 24.3 Å². The Bertz CT molecular complexity index is 391. The lowest BCUT2D eigenvalue weighted by Crippen LogP contribution is -2.12. The van der Waals surface area contributed by atoms with E-state index < -0.39 is 5.97 Å². The second kappa shape index (κ2) is 8.50. The second-order valence-electron chi connectivity index (χ2n) is 3.96. The van der Waals surface area contributed by atoms with Gasteiger partial charge < -0.3 is 9.47 Å². The summed E-state index contributed by atoms with van der Waals surface area (Å²) in [7, 11) is 1.62. The van der Waals surface area contributed by atoms with Gasteiger partial charge in [-0.15, -0.1) is 0 Å². The maximum atomic E-state index is 11.8. The van der Waals surface area contributed by atoms with E-state index in [9.17, 15) is 4.79 Å². The lowest BCUT2D eigenvalue weighted by atomic mass is 10.2. The molecule has 0 amide bonds. The van der Waals surface area contributed by atoms with Crippen LogP contribution >= 0.6 is 0 Å². The highest BCUT2D eigenvalue weighted by atomic mass is 17.2. The van der Waals surface area contributed by atoms with E-state index >= 15 is 0 Å². The van der Waals surface area contributed by atoms with Crippen molar-refractivity contribution in [2.75, 3.05) is 20.3 Å². The van der Waals surface area contributed by atoms with Crippen LogP contribution in [-0.4, -0.2) is 32.4 Å². The first-order valence-electron chi connectivity index (χ1n) is 6.27. The van der Waals surface area contributed by atoms with E-state index in [0.717, 1.165) is 0 Å². The number of hydrogen-bond donors (Lipinski definition) is 0. The molecule has 1 atom stereocenters. The lowest BCUT2D eigenvalue weighted by molar-refractivity contribution is -0.244. The molecule has 0 aliphatic rings. The SMILES string of the molecule is CCOc1ccccc1C(=O)OOCCC(C)OC. The summed E-state index contributed by atoms with van der Waals surface area (Å²) in [5.41, 5.74) is 0.351. The molecule has 0 radical (unpaired) electrons. The summed E-state index contributed by atoms with van der Waals surface area (Å²) in [6.07, 6.45) is 0.714. The van der Waals surface area contributed by atoms with Gasteiger partial charge in [0.2, 0.25) is 0 Å². The Balaban J connectivity index is 2.45. The number of methoxy groups -OCH3 is 1. The Morgan fingerprint density at radius 3 is 2.74 bits per heavy atom. The molecule has 5 nitrogen and oxygen atoms in total. The van der Waals surface area contributed by atoms with Crippen LogP contribution in [0.2, 0.25) is 0 Å². The van der Waals surface area contributed by atoms with Crippen molar-refractivity contribution in [3.63, 3.8) is 0 Å². The molecular formula is C14H20O5. The standard InChI is InChI=1S/C14H20O5/c1-4-17-13-8-6-5-7-12(13)14(15)19-18-10-9-11(2)16-3/h5-8,11H,4,9-10H2,1-3H3. The van der Waals surface area contributed by atoms with Crippen molar-refractivity contribution in [3.8, 4) is 5.75 Å². The van der Waals surface area contributed by atoms with Crippen LogP contribution in [-0.2, 0) is 14.5 Å². The molecule has 0 aromatic heterocycles. The molecule has 1 aromatic rings. The number of para-hydroxylation sites is 1. The van der Waals surface area contributed by atoms with Crippen molar-refractivity contribution in [2.24, 2.45) is 0 Å². The highest BCUT2D eigenvalue weighted by Gasteiger charge is 2.14. The Morgan fingerprint density at radius 2 is 2.05 bits per heavy atom. The topological polar surface area (TPSA) is 54.0 Å². The van der Waals surface area contributed by atoms with E-state index in [1.807, 2.05) is 13.8 Å². The summed E-state index contributed by atoms with van der Waals surface area (Å²) < 4.78 is 10.4. The van der Waals surface area contributed by atoms with Crippen molar-refractivity contribution >= 4 is 5.97 Å². The summed E-state index contributed by atoms with van der Waals surface area (Å²) in [6.45, 7) is 4.54. The molecule has 1 aromatic carbocycles. The zero-order valence-electron chi connectivity index (χ0n) is 11.5. The highest BCUT2D eigenvalue weighted by Crippen LogP contribution is 2.18. The quantitative estimate of drug-likeness (QED) is 0.412. The fraction of sp³-hybridized carbons (Fsp3) is 0.500. The predicted octanol–water partition coefficient (Wildman–Crippen LogP) is 2.60. The summed E-state index contributed by atoms with van der Waals surface area (Å²) in [4.78, 5) is 21.4. The summed E-state index contributed by atoms with van der Waals surface area (Å²) in [5, 5.41) is 0. The van der Waals surface area contributed by atoms with Crippen molar-refractivity contribution in [3.05, 3.63) is 29.8 Å². The van der Waals surface area contributed by atoms with E-state index in [2.05, 4.69) is 0 Å². The second-order valence-corrected chi connectivity index (χ2v) is 3.96. The molecule has 0 aliphatic heterocycles. The maximum absolute atomic E-state index is 11.8. The molecule has 0 saturated heterocycles. The zero-order chi connectivity index (χ0) is 14.1. The monoisotopic (exact) mass is 268 g/mol. The number of benzene rings is 1. The Morgan fingerprint density at radius 1 is 1.32 bits per heavy atom. The molecule has 0 spiro atoms. The molecule has 0 aliphatic carbocycles. The smallest absolute Gasteiger partial charge is 0.376 e. The summed E-state index contributed by atoms with van der Waals surface area (Å²) in [5.74, 6) is -0.0713. The van der Waals surface area contributed by atoms with Crippen molar-refractivity contribution in [1.29, 1.82) is 0 Å². The van der Waals surface area contributed by atoms with Crippen LogP contribution in [0, 0.1) is 0 Å². The van der Waals surface area contributed by atoms with Crippen LogP contribution in [0.3, 0.4) is 0 Å². The van der Waals surface area contributed by atoms with Crippen LogP contribution < -0.4 is 4.74 Å². The third-order valence-corrected chi connectivity index (χ3v) is 2.55. The molecule has 0 N–H and O–H groups in total. The Hall–Kier alpha value is -1.59. The minimum Gasteiger partial charge on any atom is -0.493 e. The fourth-order valence-corrected chi connectivity index (χ4v) is 1.39. The van der Waals surface area contributed by atoms with Gasteiger partial charge in [-0.05, 0) is 26.0 Å². The molecule has 1 rings (SSSR count). The van der Waals surface area contributed by atoms with Crippen molar-refractivity contribution < 1.29 is 24.0 Å². The fourth-order valence-electron chi connectivity index (χ4n) is 1.39. The first-order valence-corrected chi connectivity index (χ1v) is 6.27. The molecule has 1 unspecified atom stereocenters. The van der Waals surface area contributed by atoms with Gasteiger partial charge in [0.25, 0.3) is 0 Å². The minimum atomic E-state index is -0.561. The maximum Gasteiger partial charge on any atom is 0.376 e. The number of hydrogen-bond acceptors (Lipinski definition) is 5. The average molecular weight is 268 g/mol. The largest absolute Gasteiger partial charge is 0.493 e. The molecule has 0 saturated carbocycles. The zero-order valence-corrected chi connectivity index (χ0v) is 11.5. The minimum absolute atomic E-state index is 0.0643. The molecule has 106 valence electrons. The number of ether oxygens (including phenoxy) is 2. The van der Waals surface area contributed by atoms with Crippen LogP contribution in [0.1, 0.15) is 30.6 Å². The van der Waals surface area contributed by atoms with Gasteiger partial charge in [0.05, 0.1) is 19.3 Å². The van der Waals surface area contributed by atoms with Gasteiger partial charge in [-0.2, -0.15) is 4.89 Å². The molecule has 0 bridgehead atoms. The van der Waals surface area contributed by atoms with Gasteiger partial charge in [0.1, 0.15) is 11.3 Å². The van der Waals surface area contributed by atoms with E-state index in [-0.39, 0.29) is 12.7 Å². The molecule has 5 heteroatoms. The highest BCUT2D eigenvalue weighted by molar-refractivity contribution is 5.92. The summed E-state index contributed by atoms with van der Waals surface area (Å²) in [6, 6.07) is 6.89. The Kier molecular flexibility index (Phi) is 6.92. The predicted molar refractivity (Wildman–Crippen MR) is 70.1 cm³/mol. The normalized spacial score (nSPS) is 11.9. The van der Waals surface area contributed by atoms with Crippen molar-refractivity contribution in [2.45, 2.75) is 26.4 Å². The number of carbonyl (C=O) groups is 1.